The zero-order valence-corrected chi connectivity index (χ0v) is 15.3. The fourth-order valence-electron chi connectivity index (χ4n) is 3.60. The Morgan fingerprint density at radius 3 is 1.27 bits per heavy atom. The van der Waals surface area contributed by atoms with Gasteiger partial charge in [0.05, 0.1) is 5.92 Å². The van der Waals surface area contributed by atoms with Crippen LogP contribution in [-0.2, 0) is 4.79 Å². The van der Waals surface area contributed by atoms with Gasteiger partial charge in [-0.1, -0.05) is 78.9 Å². The molecule has 0 aliphatic heterocycles. The third-order valence-electron chi connectivity index (χ3n) is 4.79. The van der Waals surface area contributed by atoms with Crippen LogP contribution in [-0.4, -0.2) is 5.52 Å². The largest absolute Gasteiger partial charge is 0.293 e. The molecule has 0 bridgehead atoms. The third kappa shape index (κ3) is 2.75. The Bertz CT molecular complexity index is 835. The van der Waals surface area contributed by atoms with E-state index in [1.165, 1.54) is 0 Å². The molecule has 0 N–H and O–H groups in total. The molecule has 2 heteroatoms. The van der Waals surface area contributed by atoms with E-state index in [2.05, 4.69) is 36.4 Å². The van der Waals surface area contributed by atoms with Crippen molar-refractivity contribution in [3.8, 4) is 0 Å². The molecule has 0 amide bonds. The molecule has 3 aromatic rings. The molecule has 0 aromatic heterocycles. The predicted molar refractivity (Wildman–Crippen MR) is 112 cm³/mol. The van der Waals surface area contributed by atoms with Gasteiger partial charge in [-0.15, -0.1) is 0 Å². The molecule has 26 heavy (non-hydrogen) atoms. The van der Waals surface area contributed by atoms with Crippen molar-refractivity contribution < 1.29 is 4.79 Å². The van der Waals surface area contributed by atoms with E-state index in [-0.39, 0.29) is 11.4 Å². The second-order valence-electron chi connectivity index (χ2n) is 6.31. The van der Waals surface area contributed by atoms with Gasteiger partial charge in [0.2, 0.25) is 0 Å². The lowest BCUT2D eigenvalue weighted by atomic mass is 10.2. The van der Waals surface area contributed by atoms with Crippen molar-refractivity contribution in [1.29, 1.82) is 0 Å². The lowest BCUT2D eigenvalue weighted by Crippen LogP contribution is -2.38. The van der Waals surface area contributed by atoms with E-state index in [0.29, 0.717) is 0 Å². The summed E-state index contributed by atoms with van der Waals surface area (Å²) < 4.78 is 0. The summed E-state index contributed by atoms with van der Waals surface area (Å²) in [6, 6.07) is 30.8. The Hall–Kier alpha value is -2.76. The van der Waals surface area contributed by atoms with Gasteiger partial charge in [-0.2, -0.15) is 0 Å². The number of carbonyl (C=O) groups is 1. The third-order valence-corrected chi connectivity index (χ3v) is 8.97. The molecule has 0 saturated carbocycles. The van der Waals surface area contributed by atoms with E-state index in [1.807, 2.05) is 78.9 Å². The van der Waals surface area contributed by atoms with E-state index < -0.39 is 7.26 Å². The lowest BCUT2D eigenvalue weighted by Gasteiger charge is -2.26. The van der Waals surface area contributed by atoms with Crippen LogP contribution in [0.5, 0.6) is 0 Å². The van der Waals surface area contributed by atoms with Crippen LogP contribution in [0.25, 0.3) is 0 Å². The number of benzene rings is 3. The van der Waals surface area contributed by atoms with Crippen LogP contribution >= 0.6 is 7.26 Å². The summed E-state index contributed by atoms with van der Waals surface area (Å²) in [4.78, 5) is 14.0. The second kappa shape index (κ2) is 7.23. The fraction of sp³-hybridized carbons (Fsp3) is 0.0417. The van der Waals surface area contributed by atoms with Gasteiger partial charge in [0, 0.05) is 0 Å². The SMILES string of the molecule is O=C(C1C=CC=C1)[P+](c1ccccc1)(c1ccccc1)c1ccccc1. The van der Waals surface area contributed by atoms with Gasteiger partial charge in [-0.25, -0.2) is 0 Å². The highest BCUT2D eigenvalue weighted by Gasteiger charge is 2.54. The number of allylic oxidation sites excluding steroid dienone is 4. The van der Waals surface area contributed by atoms with Crippen molar-refractivity contribution in [3.63, 3.8) is 0 Å². The standard InChI is InChI=1S/C24H20OP/c25-24(20-12-10-11-13-20)26(21-14-4-1-5-15-21,22-16-6-2-7-17-22)23-18-8-3-9-19-23/h1-20H/q+1. The molecule has 0 fully saturated rings. The first-order valence-electron chi connectivity index (χ1n) is 8.79. The number of hydrogen-bond acceptors (Lipinski definition) is 1. The first-order valence-corrected chi connectivity index (χ1v) is 10.6. The van der Waals surface area contributed by atoms with Crippen molar-refractivity contribution in [3.05, 3.63) is 115 Å². The van der Waals surface area contributed by atoms with Gasteiger partial charge >= 0.3 is 0 Å². The molecule has 0 atom stereocenters. The molecule has 1 nitrogen and oxygen atoms in total. The molecule has 0 spiro atoms. The summed E-state index contributed by atoms with van der Waals surface area (Å²) in [6.45, 7) is 0. The van der Waals surface area contributed by atoms with Crippen LogP contribution in [0.1, 0.15) is 0 Å². The van der Waals surface area contributed by atoms with Crippen molar-refractivity contribution in [2.75, 3.05) is 0 Å². The highest BCUT2D eigenvalue weighted by atomic mass is 31.2. The fourth-order valence-corrected chi connectivity index (χ4v) is 7.74. The van der Waals surface area contributed by atoms with Gasteiger partial charge in [0.25, 0.3) is 5.52 Å². The van der Waals surface area contributed by atoms with E-state index in [0.717, 1.165) is 15.9 Å². The van der Waals surface area contributed by atoms with E-state index in [9.17, 15) is 4.79 Å². The smallest absolute Gasteiger partial charge is 0.251 e. The van der Waals surface area contributed by atoms with E-state index in [1.54, 1.807) is 0 Å². The van der Waals surface area contributed by atoms with Crippen molar-refractivity contribution in [1.82, 2.24) is 0 Å². The summed E-state index contributed by atoms with van der Waals surface area (Å²) in [5, 5.41) is 3.32. The van der Waals surface area contributed by atoms with E-state index >= 15 is 0 Å². The van der Waals surface area contributed by atoms with Crippen LogP contribution < -0.4 is 15.9 Å². The van der Waals surface area contributed by atoms with Crippen molar-refractivity contribution in [2.24, 2.45) is 5.92 Å². The first kappa shape index (κ1) is 16.7. The summed E-state index contributed by atoms with van der Waals surface area (Å²) in [5.41, 5.74) is 0.283. The predicted octanol–water partition coefficient (Wildman–Crippen LogP) is 4.25. The summed E-state index contributed by atoms with van der Waals surface area (Å²) in [6.07, 6.45) is 7.95. The van der Waals surface area contributed by atoms with Gasteiger partial charge in [-0.3, -0.25) is 4.79 Å². The zero-order chi connectivity index (χ0) is 17.8. The van der Waals surface area contributed by atoms with Gasteiger partial charge in [0.1, 0.15) is 15.9 Å². The van der Waals surface area contributed by atoms with Gasteiger partial charge in [0.15, 0.2) is 7.26 Å². The summed E-state index contributed by atoms with van der Waals surface area (Å²) in [5.74, 6) is -0.177. The topological polar surface area (TPSA) is 17.1 Å². The van der Waals surface area contributed by atoms with Crippen LogP contribution in [0.15, 0.2) is 115 Å². The molecule has 0 radical (unpaired) electrons. The molecule has 0 unspecified atom stereocenters. The quantitative estimate of drug-likeness (QED) is 0.626. The average molecular weight is 355 g/mol. The molecule has 0 saturated heterocycles. The molecule has 3 aromatic carbocycles. The first-order chi connectivity index (χ1) is 12.8. The Kier molecular flexibility index (Phi) is 4.65. The zero-order valence-electron chi connectivity index (χ0n) is 14.4. The highest BCUT2D eigenvalue weighted by molar-refractivity contribution is 8.08. The Labute approximate surface area is 155 Å². The van der Waals surface area contributed by atoms with Gasteiger partial charge < -0.3 is 0 Å². The average Bonchev–Trinajstić information content (AvgIpc) is 3.26. The van der Waals surface area contributed by atoms with Crippen LogP contribution in [0.2, 0.25) is 0 Å². The number of rotatable bonds is 5. The lowest BCUT2D eigenvalue weighted by molar-refractivity contribution is -0.112. The molecule has 126 valence electrons. The molecule has 4 rings (SSSR count). The number of hydrogen-bond donors (Lipinski definition) is 0. The Balaban J connectivity index is 2.05. The maximum atomic E-state index is 14.0. The molecule has 1 aliphatic carbocycles. The Morgan fingerprint density at radius 2 is 0.923 bits per heavy atom. The highest BCUT2D eigenvalue weighted by Crippen LogP contribution is 2.58. The number of carbonyl (C=O) groups excluding carboxylic acids is 1. The van der Waals surface area contributed by atoms with Gasteiger partial charge in [-0.05, 0) is 36.4 Å². The molecular formula is C24H20OP+. The molecule has 0 heterocycles. The maximum Gasteiger partial charge on any atom is 0.293 e. The second-order valence-corrected chi connectivity index (χ2v) is 9.64. The monoisotopic (exact) mass is 355 g/mol. The summed E-state index contributed by atoms with van der Waals surface area (Å²) in [7, 11) is -2.43. The van der Waals surface area contributed by atoms with Crippen molar-refractivity contribution in [2.45, 2.75) is 0 Å². The minimum Gasteiger partial charge on any atom is -0.251 e. The van der Waals surface area contributed by atoms with Crippen LogP contribution in [0.3, 0.4) is 0 Å². The minimum absolute atomic E-state index is 0.177. The molecular weight excluding hydrogens is 335 g/mol. The molecule has 1 aliphatic rings. The maximum absolute atomic E-state index is 14.0. The van der Waals surface area contributed by atoms with E-state index in [4.69, 9.17) is 0 Å². The van der Waals surface area contributed by atoms with Crippen molar-refractivity contribution >= 4 is 28.7 Å². The van der Waals surface area contributed by atoms with Crippen LogP contribution in [0, 0.1) is 5.92 Å². The van der Waals surface area contributed by atoms with Crippen LogP contribution in [0.4, 0.5) is 0 Å². The summed E-state index contributed by atoms with van der Waals surface area (Å²) >= 11 is 0. The minimum atomic E-state index is -2.43. The normalized spacial score (nSPS) is 13.8. The Morgan fingerprint density at radius 1 is 0.577 bits per heavy atom.